The van der Waals surface area contributed by atoms with Gasteiger partial charge in [0.25, 0.3) is 5.91 Å². The molecule has 8 heteroatoms. The zero-order chi connectivity index (χ0) is 22.9. The molecule has 1 saturated heterocycles. The highest BCUT2D eigenvalue weighted by molar-refractivity contribution is 6.04. The molecule has 0 spiro atoms. The average Bonchev–Trinajstić information content (AvgIpc) is 3.12. The second-order valence-electron chi connectivity index (χ2n) is 9.15. The Labute approximate surface area is 186 Å². The Morgan fingerprint density at radius 1 is 1.25 bits per heavy atom. The molecule has 1 aliphatic carbocycles. The Balaban J connectivity index is 1.86. The number of nitrogens with zero attached hydrogens (tertiary/aromatic N) is 3. The van der Waals surface area contributed by atoms with Crippen LogP contribution in [-0.2, 0) is 0 Å². The summed E-state index contributed by atoms with van der Waals surface area (Å²) in [7, 11) is 0. The van der Waals surface area contributed by atoms with Crippen molar-refractivity contribution in [3.63, 3.8) is 0 Å². The van der Waals surface area contributed by atoms with Crippen molar-refractivity contribution in [2.45, 2.75) is 57.0 Å². The molecule has 2 heterocycles. The highest BCUT2D eigenvalue weighted by Crippen LogP contribution is 2.39. The van der Waals surface area contributed by atoms with Crippen molar-refractivity contribution in [1.82, 2.24) is 10.3 Å². The third-order valence-electron chi connectivity index (χ3n) is 6.31. The van der Waals surface area contributed by atoms with E-state index in [1.165, 1.54) is 6.20 Å². The van der Waals surface area contributed by atoms with Gasteiger partial charge in [0.2, 0.25) is 0 Å². The predicted molar refractivity (Wildman–Crippen MR) is 118 cm³/mol. The first-order chi connectivity index (χ1) is 15.3. The van der Waals surface area contributed by atoms with Crippen molar-refractivity contribution in [3.8, 4) is 17.2 Å². The number of nitrogens with one attached hydrogen (secondary N) is 1. The Morgan fingerprint density at radius 3 is 2.53 bits per heavy atom. The maximum absolute atomic E-state index is 14.1. The minimum absolute atomic E-state index is 0.00448. The van der Waals surface area contributed by atoms with E-state index >= 15 is 0 Å². The molecule has 1 aromatic carbocycles. The largest absolute Gasteiger partial charge is 0.368 e. The lowest BCUT2D eigenvalue weighted by Crippen LogP contribution is -2.40. The summed E-state index contributed by atoms with van der Waals surface area (Å²) < 4.78 is 28.2. The summed E-state index contributed by atoms with van der Waals surface area (Å²) in [5.74, 6) is -1.83. The van der Waals surface area contributed by atoms with Crippen molar-refractivity contribution in [2.24, 2.45) is 5.73 Å². The summed E-state index contributed by atoms with van der Waals surface area (Å²) >= 11 is 0. The van der Waals surface area contributed by atoms with Gasteiger partial charge in [-0.15, -0.1) is 0 Å². The minimum atomic E-state index is -0.767. The molecule has 2 aliphatic rings. The van der Waals surface area contributed by atoms with Crippen LogP contribution in [0.5, 0.6) is 0 Å². The summed E-state index contributed by atoms with van der Waals surface area (Å²) in [5, 5.41) is 12.8. The molecule has 3 N–H and O–H groups in total. The first-order valence-electron chi connectivity index (χ1n) is 11.0. The number of nitriles is 1. The lowest BCUT2D eigenvalue weighted by atomic mass is 9.94. The molecule has 2 aromatic rings. The van der Waals surface area contributed by atoms with E-state index < -0.39 is 17.2 Å². The van der Waals surface area contributed by atoms with E-state index in [-0.39, 0.29) is 34.3 Å². The standard InChI is InChI=1S/C24H27F2N5O/c1-24(28)7-8-31(14-24)22-19(23(32)30-18-5-3-2-4-6-18)13-29-20(12-27)21(22)15-9-16(25)11-17(26)10-15/h9-11,13,18H,2-8,14,28H2,1H3,(H,30,32)/t24-/m0/s1. The molecule has 1 saturated carbocycles. The van der Waals surface area contributed by atoms with Crippen molar-refractivity contribution < 1.29 is 13.6 Å². The molecule has 168 valence electrons. The Bertz CT molecular complexity index is 1050. The number of anilines is 1. The molecule has 4 rings (SSSR count). The fraction of sp³-hybridized carbons (Fsp3) is 0.458. The lowest BCUT2D eigenvalue weighted by Gasteiger charge is -2.28. The van der Waals surface area contributed by atoms with Crippen LogP contribution in [0.4, 0.5) is 14.5 Å². The fourth-order valence-corrected chi connectivity index (χ4v) is 4.74. The van der Waals surface area contributed by atoms with E-state index in [0.29, 0.717) is 25.2 Å². The molecule has 1 aliphatic heterocycles. The van der Waals surface area contributed by atoms with Crippen LogP contribution in [0.2, 0.25) is 0 Å². The monoisotopic (exact) mass is 439 g/mol. The summed E-state index contributed by atoms with van der Waals surface area (Å²) in [6.45, 7) is 2.91. The first-order valence-corrected chi connectivity index (χ1v) is 11.0. The van der Waals surface area contributed by atoms with Gasteiger partial charge >= 0.3 is 0 Å². The van der Waals surface area contributed by atoms with Crippen LogP contribution >= 0.6 is 0 Å². The summed E-state index contributed by atoms with van der Waals surface area (Å²) in [6.07, 6.45) is 7.18. The number of carbonyl (C=O) groups is 1. The SMILES string of the molecule is C[C@]1(N)CCN(c2c(C(=O)NC3CCCCC3)cnc(C#N)c2-c2cc(F)cc(F)c2)C1. The van der Waals surface area contributed by atoms with Crippen molar-refractivity contribution in [1.29, 1.82) is 5.26 Å². The number of pyridine rings is 1. The van der Waals surface area contributed by atoms with Gasteiger partial charge in [-0.25, -0.2) is 13.8 Å². The zero-order valence-corrected chi connectivity index (χ0v) is 18.1. The number of hydrogen-bond acceptors (Lipinski definition) is 5. The highest BCUT2D eigenvalue weighted by atomic mass is 19.1. The van der Waals surface area contributed by atoms with E-state index in [9.17, 15) is 18.8 Å². The molecule has 1 atom stereocenters. The second-order valence-corrected chi connectivity index (χ2v) is 9.15. The van der Waals surface area contributed by atoms with Crippen molar-refractivity contribution in [2.75, 3.05) is 18.0 Å². The summed E-state index contributed by atoms with van der Waals surface area (Å²) in [4.78, 5) is 19.4. The normalized spacial score (nSPS) is 21.4. The number of aromatic nitrogens is 1. The van der Waals surface area contributed by atoms with Gasteiger partial charge in [0.15, 0.2) is 0 Å². The summed E-state index contributed by atoms with van der Waals surface area (Å²) in [5.41, 5.74) is 7.01. The number of rotatable bonds is 4. The minimum Gasteiger partial charge on any atom is -0.368 e. The third-order valence-corrected chi connectivity index (χ3v) is 6.31. The van der Waals surface area contributed by atoms with Crippen LogP contribution in [0, 0.1) is 23.0 Å². The number of amides is 1. The average molecular weight is 440 g/mol. The van der Waals surface area contributed by atoms with Gasteiger partial charge in [0.1, 0.15) is 23.4 Å². The highest BCUT2D eigenvalue weighted by Gasteiger charge is 2.35. The second kappa shape index (κ2) is 8.83. The Hall–Kier alpha value is -3.05. The summed E-state index contributed by atoms with van der Waals surface area (Å²) in [6, 6.07) is 5.18. The molecule has 0 unspecified atom stereocenters. The zero-order valence-electron chi connectivity index (χ0n) is 18.1. The van der Waals surface area contributed by atoms with Crippen LogP contribution in [0.15, 0.2) is 24.4 Å². The van der Waals surface area contributed by atoms with Gasteiger partial charge in [0, 0.05) is 42.5 Å². The smallest absolute Gasteiger partial charge is 0.255 e. The van der Waals surface area contributed by atoms with Crippen molar-refractivity contribution in [3.05, 3.63) is 47.3 Å². The number of benzene rings is 1. The topological polar surface area (TPSA) is 95.0 Å². The van der Waals surface area contributed by atoms with Gasteiger partial charge in [-0.1, -0.05) is 19.3 Å². The van der Waals surface area contributed by atoms with Crippen LogP contribution in [-0.4, -0.2) is 35.6 Å². The maximum Gasteiger partial charge on any atom is 0.255 e. The van der Waals surface area contributed by atoms with Crippen LogP contribution in [0.3, 0.4) is 0 Å². The fourth-order valence-electron chi connectivity index (χ4n) is 4.74. The van der Waals surface area contributed by atoms with Gasteiger partial charge < -0.3 is 16.0 Å². The van der Waals surface area contributed by atoms with E-state index in [1.807, 2.05) is 17.9 Å². The van der Waals surface area contributed by atoms with Gasteiger partial charge in [-0.2, -0.15) is 5.26 Å². The van der Waals surface area contributed by atoms with E-state index in [1.54, 1.807) is 0 Å². The molecular weight excluding hydrogens is 412 g/mol. The number of halogens is 2. The molecule has 32 heavy (non-hydrogen) atoms. The molecule has 1 aromatic heterocycles. The molecule has 1 amide bonds. The third kappa shape index (κ3) is 4.58. The molecule has 0 bridgehead atoms. The number of hydrogen-bond donors (Lipinski definition) is 2. The van der Waals surface area contributed by atoms with Crippen LogP contribution < -0.4 is 16.0 Å². The van der Waals surface area contributed by atoms with Gasteiger partial charge in [-0.3, -0.25) is 4.79 Å². The van der Waals surface area contributed by atoms with Crippen LogP contribution in [0.25, 0.3) is 11.1 Å². The number of carbonyl (C=O) groups excluding carboxylic acids is 1. The van der Waals surface area contributed by atoms with Gasteiger partial charge in [-0.05, 0) is 43.9 Å². The molecular formula is C24H27F2N5O. The van der Waals surface area contributed by atoms with Crippen molar-refractivity contribution >= 4 is 11.6 Å². The van der Waals surface area contributed by atoms with E-state index in [0.717, 1.165) is 50.3 Å². The van der Waals surface area contributed by atoms with Crippen LogP contribution in [0.1, 0.15) is 61.5 Å². The Morgan fingerprint density at radius 2 is 1.94 bits per heavy atom. The predicted octanol–water partition coefficient (Wildman–Crippen LogP) is 3.89. The lowest BCUT2D eigenvalue weighted by molar-refractivity contribution is 0.0928. The van der Waals surface area contributed by atoms with E-state index in [2.05, 4.69) is 10.3 Å². The molecule has 2 fully saturated rings. The molecule has 0 radical (unpaired) electrons. The Kier molecular flexibility index (Phi) is 6.11. The van der Waals surface area contributed by atoms with E-state index in [4.69, 9.17) is 5.73 Å². The first kappa shape index (κ1) is 22.2. The quantitative estimate of drug-likeness (QED) is 0.754. The van der Waals surface area contributed by atoms with Gasteiger partial charge in [0.05, 0.1) is 11.3 Å². The molecule has 6 nitrogen and oxygen atoms in total. The number of nitrogens with two attached hydrogens (primary N) is 1. The maximum atomic E-state index is 14.1.